The first kappa shape index (κ1) is 15.0. The standard InChI is InChI=1S/C15H25N/c1-4-6-11-15(5-2)12-9-7-8-10-14(3)13-16/h7-8,10,15H,4-6,9,11-12H2,1-3H3/b8-7+,14-10+. The molecule has 0 saturated carbocycles. The van der Waals surface area contributed by atoms with E-state index < -0.39 is 0 Å². The number of nitriles is 1. The number of rotatable bonds is 8. The molecule has 0 saturated heterocycles. The SMILES string of the molecule is CCCCC(CC)CC/C=C/C=C(\C)C#N. The van der Waals surface area contributed by atoms with Crippen LogP contribution in [0.4, 0.5) is 0 Å². The van der Waals surface area contributed by atoms with E-state index in [1.807, 2.05) is 19.1 Å². The summed E-state index contributed by atoms with van der Waals surface area (Å²) >= 11 is 0. The molecule has 90 valence electrons. The van der Waals surface area contributed by atoms with Crippen LogP contribution in [0.5, 0.6) is 0 Å². The van der Waals surface area contributed by atoms with E-state index in [-0.39, 0.29) is 0 Å². The minimum atomic E-state index is 0.772. The van der Waals surface area contributed by atoms with Gasteiger partial charge in [0.15, 0.2) is 0 Å². The van der Waals surface area contributed by atoms with Crippen molar-refractivity contribution in [3.8, 4) is 6.07 Å². The van der Waals surface area contributed by atoms with Gasteiger partial charge in [0.2, 0.25) is 0 Å². The topological polar surface area (TPSA) is 23.8 Å². The molecule has 0 aromatic carbocycles. The predicted molar refractivity (Wildman–Crippen MR) is 71.1 cm³/mol. The summed E-state index contributed by atoms with van der Waals surface area (Å²) in [4.78, 5) is 0. The Morgan fingerprint density at radius 1 is 1.31 bits per heavy atom. The maximum Gasteiger partial charge on any atom is 0.0944 e. The smallest absolute Gasteiger partial charge is 0.0944 e. The average Bonchev–Trinajstić information content (AvgIpc) is 2.32. The Hall–Kier alpha value is -1.03. The number of unbranched alkanes of at least 4 members (excludes halogenated alkanes) is 1. The molecule has 0 aromatic heterocycles. The molecule has 1 unspecified atom stereocenters. The first-order valence-electron chi connectivity index (χ1n) is 6.48. The Kier molecular flexibility index (Phi) is 9.81. The first-order valence-corrected chi connectivity index (χ1v) is 6.48. The summed E-state index contributed by atoms with van der Waals surface area (Å²) in [5.74, 6) is 0.880. The lowest BCUT2D eigenvalue weighted by Crippen LogP contribution is -1.97. The Morgan fingerprint density at radius 2 is 2.06 bits per heavy atom. The maximum atomic E-state index is 8.56. The number of hydrogen-bond donors (Lipinski definition) is 0. The van der Waals surface area contributed by atoms with E-state index >= 15 is 0 Å². The third-order valence-corrected chi connectivity index (χ3v) is 2.94. The molecule has 0 aliphatic carbocycles. The van der Waals surface area contributed by atoms with Crippen LogP contribution in [0.15, 0.2) is 23.8 Å². The molecule has 0 fully saturated rings. The van der Waals surface area contributed by atoms with Gasteiger partial charge in [-0.25, -0.2) is 0 Å². The molecule has 0 radical (unpaired) electrons. The third-order valence-electron chi connectivity index (χ3n) is 2.94. The lowest BCUT2D eigenvalue weighted by molar-refractivity contribution is 0.425. The fraction of sp³-hybridized carbons (Fsp3) is 0.667. The van der Waals surface area contributed by atoms with E-state index in [1.165, 1.54) is 32.1 Å². The van der Waals surface area contributed by atoms with Gasteiger partial charge < -0.3 is 0 Å². The lowest BCUT2D eigenvalue weighted by Gasteiger charge is -2.12. The fourth-order valence-corrected chi connectivity index (χ4v) is 1.72. The van der Waals surface area contributed by atoms with Crippen LogP contribution in [0, 0.1) is 17.2 Å². The summed E-state index contributed by atoms with van der Waals surface area (Å²) < 4.78 is 0. The van der Waals surface area contributed by atoms with Crippen molar-refractivity contribution in [2.24, 2.45) is 5.92 Å². The van der Waals surface area contributed by atoms with Gasteiger partial charge in [0, 0.05) is 5.57 Å². The molecule has 1 atom stereocenters. The molecule has 0 bridgehead atoms. The van der Waals surface area contributed by atoms with Crippen LogP contribution in [0.3, 0.4) is 0 Å². The van der Waals surface area contributed by atoms with Crippen LogP contribution in [0.25, 0.3) is 0 Å². The second kappa shape index (κ2) is 10.5. The minimum Gasteiger partial charge on any atom is -0.193 e. The van der Waals surface area contributed by atoms with E-state index in [9.17, 15) is 0 Å². The Morgan fingerprint density at radius 3 is 2.62 bits per heavy atom. The average molecular weight is 219 g/mol. The van der Waals surface area contributed by atoms with Gasteiger partial charge in [0.05, 0.1) is 6.07 Å². The largest absolute Gasteiger partial charge is 0.193 e. The van der Waals surface area contributed by atoms with Crippen molar-refractivity contribution in [2.75, 3.05) is 0 Å². The normalized spacial score (nSPS) is 14.0. The van der Waals surface area contributed by atoms with Crippen LogP contribution in [-0.2, 0) is 0 Å². The van der Waals surface area contributed by atoms with Gasteiger partial charge in [-0.2, -0.15) is 5.26 Å². The van der Waals surface area contributed by atoms with Gasteiger partial charge >= 0.3 is 0 Å². The van der Waals surface area contributed by atoms with Crippen molar-refractivity contribution in [3.63, 3.8) is 0 Å². The quantitative estimate of drug-likeness (QED) is 0.416. The zero-order valence-corrected chi connectivity index (χ0v) is 11.0. The van der Waals surface area contributed by atoms with Gasteiger partial charge in [-0.3, -0.25) is 0 Å². The molecule has 0 aliphatic heterocycles. The summed E-state index contributed by atoms with van der Waals surface area (Å²) in [5, 5.41) is 8.56. The van der Waals surface area contributed by atoms with Crippen molar-refractivity contribution in [2.45, 2.75) is 59.3 Å². The van der Waals surface area contributed by atoms with Gasteiger partial charge in [0.25, 0.3) is 0 Å². The van der Waals surface area contributed by atoms with E-state index in [2.05, 4.69) is 26.0 Å². The van der Waals surface area contributed by atoms with Crippen molar-refractivity contribution in [1.82, 2.24) is 0 Å². The summed E-state index contributed by atoms with van der Waals surface area (Å²) in [7, 11) is 0. The number of hydrogen-bond acceptors (Lipinski definition) is 1. The van der Waals surface area contributed by atoms with Crippen molar-refractivity contribution < 1.29 is 0 Å². The molecule has 16 heavy (non-hydrogen) atoms. The van der Waals surface area contributed by atoms with Crippen LogP contribution < -0.4 is 0 Å². The Balaban J connectivity index is 3.74. The summed E-state index contributed by atoms with van der Waals surface area (Å²) in [6.07, 6.45) is 13.8. The first-order chi connectivity index (χ1) is 7.74. The van der Waals surface area contributed by atoms with Crippen LogP contribution >= 0.6 is 0 Å². The molecule has 0 N–H and O–H groups in total. The molecule has 0 aliphatic rings. The van der Waals surface area contributed by atoms with Gasteiger partial charge in [-0.1, -0.05) is 51.7 Å². The maximum absolute atomic E-state index is 8.56. The van der Waals surface area contributed by atoms with Gasteiger partial charge in [-0.15, -0.1) is 0 Å². The molecule has 1 nitrogen and oxygen atoms in total. The van der Waals surface area contributed by atoms with Gasteiger partial charge in [-0.05, 0) is 31.8 Å². The minimum absolute atomic E-state index is 0.772. The molecule has 0 amide bonds. The second-order valence-corrected chi connectivity index (χ2v) is 4.38. The van der Waals surface area contributed by atoms with Crippen LogP contribution in [-0.4, -0.2) is 0 Å². The van der Waals surface area contributed by atoms with E-state index in [1.54, 1.807) is 0 Å². The van der Waals surface area contributed by atoms with Crippen LogP contribution in [0.1, 0.15) is 59.3 Å². The van der Waals surface area contributed by atoms with E-state index in [4.69, 9.17) is 5.26 Å². The Bertz CT molecular complexity index is 255. The molecular formula is C15H25N. The second-order valence-electron chi connectivity index (χ2n) is 4.38. The molecule has 1 heteroatoms. The molecular weight excluding hydrogens is 194 g/mol. The monoisotopic (exact) mass is 219 g/mol. The molecule has 0 heterocycles. The highest BCUT2D eigenvalue weighted by Gasteiger charge is 2.03. The highest BCUT2D eigenvalue weighted by Crippen LogP contribution is 2.18. The van der Waals surface area contributed by atoms with E-state index in [0.717, 1.165) is 17.9 Å². The van der Waals surface area contributed by atoms with Gasteiger partial charge in [0.1, 0.15) is 0 Å². The summed E-state index contributed by atoms with van der Waals surface area (Å²) in [6.45, 7) is 6.37. The molecule has 0 aromatic rings. The lowest BCUT2D eigenvalue weighted by atomic mass is 9.94. The highest BCUT2D eigenvalue weighted by molar-refractivity contribution is 5.22. The zero-order valence-electron chi connectivity index (χ0n) is 11.0. The predicted octanol–water partition coefficient (Wildman–Crippen LogP) is 5.01. The summed E-state index contributed by atoms with van der Waals surface area (Å²) in [6, 6.07) is 2.11. The van der Waals surface area contributed by atoms with Crippen molar-refractivity contribution in [1.29, 1.82) is 5.26 Å². The number of allylic oxidation sites excluding steroid dienone is 4. The third kappa shape index (κ3) is 8.29. The molecule has 0 rings (SSSR count). The van der Waals surface area contributed by atoms with Crippen molar-refractivity contribution in [3.05, 3.63) is 23.8 Å². The zero-order chi connectivity index (χ0) is 12.2. The fourth-order valence-electron chi connectivity index (χ4n) is 1.72. The van der Waals surface area contributed by atoms with Crippen LogP contribution in [0.2, 0.25) is 0 Å². The van der Waals surface area contributed by atoms with Crippen molar-refractivity contribution >= 4 is 0 Å². The molecule has 0 spiro atoms. The highest BCUT2D eigenvalue weighted by atomic mass is 14.2. The summed E-state index contributed by atoms with van der Waals surface area (Å²) in [5.41, 5.74) is 0.772. The number of nitrogens with zero attached hydrogens (tertiary/aromatic N) is 1. The Labute approximate surface area is 101 Å². The van der Waals surface area contributed by atoms with E-state index in [0.29, 0.717) is 0 Å².